The highest BCUT2D eigenvalue weighted by atomic mass is 16.4. The van der Waals surface area contributed by atoms with Crippen LogP contribution in [0.25, 0.3) is 0 Å². The van der Waals surface area contributed by atoms with Crippen molar-refractivity contribution in [3.8, 4) is 0 Å². The highest BCUT2D eigenvalue weighted by Crippen LogP contribution is 2.32. The molecule has 31 heavy (non-hydrogen) atoms. The van der Waals surface area contributed by atoms with Crippen molar-refractivity contribution in [3.63, 3.8) is 0 Å². The number of benzene rings is 2. The Labute approximate surface area is 185 Å². The molecule has 0 unspecified atom stereocenters. The molecule has 0 bridgehead atoms. The summed E-state index contributed by atoms with van der Waals surface area (Å²) in [5.41, 5.74) is 0.407. The van der Waals surface area contributed by atoms with Gasteiger partial charge in [-0.2, -0.15) is 0 Å². The number of carbonyl (C=O) groups is 2. The SMILES string of the molecule is CCCCCC(CO)(CO)C(C)C.O=C(O)c1ccccc1.O=C(O)c1ccccc1. The third kappa shape index (κ3) is 11.3. The third-order valence-corrected chi connectivity index (χ3v) is 5.17. The first-order valence-corrected chi connectivity index (χ1v) is 10.5. The maximum absolute atomic E-state index is 10.2. The molecule has 0 aliphatic heterocycles. The molecule has 2 rings (SSSR count). The first-order valence-electron chi connectivity index (χ1n) is 10.5. The highest BCUT2D eigenvalue weighted by Gasteiger charge is 2.31. The number of rotatable bonds is 9. The van der Waals surface area contributed by atoms with Crippen LogP contribution in [0.1, 0.15) is 67.2 Å². The molecule has 0 saturated heterocycles. The zero-order valence-corrected chi connectivity index (χ0v) is 18.7. The summed E-state index contributed by atoms with van der Waals surface area (Å²) in [7, 11) is 0. The Balaban J connectivity index is 0.000000445. The number of hydrogen-bond acceptors (Lipinski definition) is 4. The van der Waals surface area contributed by atoms with E-state index in [1.165, 1.54) is 12.8 Å². The van der Waals surface area contributed by atoms with E-state index < -0.39 is 11.9 Å². The summed E-state index contributed by atoms with van der Waals surface area (Å²) in [5, 5.41) is 35.3. The number of unbranched alkanes of at least 4 members (excludes halogenated alkanes) is 2. The van der Waals surface area contributed by atoms with Gasteiger partial charge >= 0.3 is 11.9 Å². The van der Waals surface area contributed by atoms with E-state index in [4.69, 9.17) is 10.2 Å². The Morgan fingerprint density at radius 3 is 1.39 bits per heavy atom. The lowest BCUT2D eigenvalue weighted by molar-refractivity contribution is 0.00696. The van der Waals surface area contributed by atoms with E-state index in [2.05, 4.69) is 20.8 Å². The quantitative estimate of drug-likeness (QED) is 0.416. The number of aliphatic hydroxyl groups excluding tert-OH is 2. The fourth-order valence-electron chi connectivity index (χ4n) is 2.75. The second kappa shape index (κ2) is 16.1. The molecule has 6 heteroatoms. The normalized spacial score (nSPS) is 10.4. The molecule has 0 aliphatic carbocycles. The molecule has 0 aromatic heterocycles. The summed E-state index contributed by atoms with van der Waals surface area (Å²) in [5.74, 6) is -1.41. The van der Waals surface area contributed by atoms with Crippen LogP contribution in [-0.4, -0.2) is 45.6 Å². The van der Waals surface area contributed by atoms with E-state index in [0.29, 0.717) is 17.0 Å². The molecule has 0 spiro atoms. The molecular weight excluding hydrogens is 396 g/mol. The van der Waals surface area contributed by atoms with Crippen molar-refractivity contribution >= 4 is 11.9 Å². The Morgan fingerprint density at radius 2 is 1.16 bits per heavy atom. The summed E-state index contributed by atoms with van der Waals surface area (Å²) in [6.07, 6.45) is 4.42. The van der Waals surface area contributed by atoms with E-state index in [1.54, 1.807) is 60.7 Å². The Morgan fingerprint density at radius 1 is 0.774 bits per heavy atom. The van der Waals surface area contributed by atoms with Crippen LogP contribution in [0.15, 0.2) is 60.7 Å². The third-order valence-electron chi connectivity index (χ3n) is 5.17. The Kier molecular flexibility index (Phi) is 14.7. The van der Waals surface area contributed by atoms with E-state index in [0.717, 1.165) is 12.8 Å². The lowest BCUT2D eigenvalue weighted by Crippen LogP contribution is -2.35. The van der Waals surface area contributed by atoms with E-state index >= 15 is 0 Å². The maximum Gasteiger partial charge on any atom is 0.335 e. The van der Waals surface area contributed by atoms with Gasteiger partial charge in [0.1, 0.15) is 0 Å². The largest absolute Gasteiger partial charge is 0.478 e. The summed E-state index contributed by atoms with van der Waals surface area (Å²) in [4.78, 5) is 20.4. The van der Waals surface area contributed by atoms with Gasteiger partial charge in [0.05, 0.1) is 24.3 Å². The van der Waals surface area contributed by atoms with Crippen LogP contribution < -0.4 is 0 Å². The van der Waals surface area contributed by atoms with E-state index in [1.807, 2.05) is 0 Å². The monoisotopic (exact) mass is 432 g/mol. The van der Waals surface area contributed by atoms with Gasteiger partial charge in [-0.3, -0.25) is 0 Å². The Hall–Kier alpha value is -2.70. The van der Waals surface area contributed by atoms with Crippen molar-refractivity contribution in [2.75, 3.05) is 13.2 Å². The van der Waals surface area contributed by atoms with Crippen LogP contribution in [0.5, 0.6) is 0 Å². The van der Waals surface area contributed by atoms with Crippen molar-refractivity contribution in [1.82, 2.24) is 0 Å². The Bertz CT molecular complexity index is 675. The van der Waals surface area contributed by atoms with Gasteiger partial charge in [-0.1, -0.05) is 76.4 Å². The van der Waals surface area contributed by atoms with Crippen LogP contribution in [0, 0.1) is 11.3 Å². The first kappa shape index (κ1) is 28.3. The zero-order valence-electron chi connectivity index (χ0n) is 18.7. The average molecular weight is 433 g/mol. The second-order valence-electron chi connectivity index (χ2n) is 7.63. The molecule has 6 nitrogen and oxygen atoms in total. The van der Waals surface area contributed by atoms with E-state index in [9.17, 15) is 19.8 Å². The molecule has 172 valence electrons. The predicted molar refractivity (Wildman–Crippen MR) is 122 cm³/mol. The summed E-state index contributed by atoms with van der Waals surface area (Å²) >= 11 is 0. The van der Waals surface area contributed by atoms with Crippen molar-refractivity contribution in [1.29, 1.82) is 0 Å². The molecule has 0 fully saturated rings. The molecule has 0 amide bonds. The van der Waals surface area contributed by atoms with Crippen molar-refractivity contribution in [2.24, 2.45) is 11.3 Å². The van der Waals surface area contributed by atoms with Crippen LogP contribution in [0.2, 0.25) is 0 Å². The maximum atomic E-state index is 10.2. The van der Waals surface area contributed by atoms with Gasteiger partial charge in [0, 0.05) is 5.41 Å². The molecule has 2 aromatic carbocycles. The molecule has 4 N–H and O–H groups in total. The van der Waals surface area contributed by atoms with Crippen LogP contribution >= 0.6 is 0 Å². The number of aliphatic hydroxyl groups is 2. The second-order valence-corrected chi connectivity index (χ2v) is 7.63. The van der Waals surface area contributed by atoms with Gasteiger partial charge in [-0.25, -0.2) is 9.59 Å². The van der Waals surface area contributed by atoms with Gasteiger partial charge in [0.15, 0.2) is 0 Å². The molecule has 2 aromatic rings. The number of carboxylic acid groups (broad SMARTS) is 2. The lowest BCUT2D eigenvalue weighted by Gasteiger charge is -2.34. The number of hydrogen-bond donors (Lipinski definition) is 4. The molecule has 0 heterocycles. The summed E-state index contributed by atoms with van der Waals surface area (Å²) in [6, 6.07) is 16.6. The summed E-state index contributed by atoms with van der Waals surface area (Å²) in [6.45, 7) is 6.50. The van der Waals surface area contributed by atoms with Crippen LogP contribution in [0.3, 0.4) is 0 Å². The molecule has 0 atom stereocenters. The lowest BCUT2D eigenvalue weighted by atomic mass is 9.74. The van der Waals surface area contributed by atoms with E-state index in [-0.39, 0.29) is 18.6 Å². The first-order chi connectivity index (χ1) is 14.7. The van der Waals surface area contributed by atoms with Gasteiger partial charge in [-0.15, -0.1) is 0 Å². The van der Waals surface area contributed by atoms with Gasteiger partial charge in [-0.05, 0) is 36.6 Å². The van der Waals surface area contributed by atoms with Gasteiger partial charge in [0.2, 0.25) is 0 Å². The van der Waals surface area contributed by atoms with Crippen molar-refractivity contribution in [2.45, 2.75) is 46.5 Å². The van der Waals surface area contributed by atoms with Crippen LogP contribution in [0.4, 0.5) is 0 Å². The highest BCUT2D eigenvalue weighted by molar-refractivity contribution is 5.87. The van der Waals surface area contributed by atoms with Crippen LogP contribution in [-0.2, 0) is 0 Å². The number of aromatic carboxylic acids is 2. The van der Waals surface area contributed by atoms with Gasteiger partial charge in [0.25, 0.3) is 0 Å². The zero-order chi connectivity index (χ0) is 23.7. The molecule has 0 radical (unpaired) electrons. The smallest absolute Gasteiger partial charge is 0.335 e. The molecule has 0 aliphatic rings. The minimum Gasteiger partial charge on any atom is -0.478 e. The minimum absolute atomic E-state index is 0.102. The standard InChI is InChI=1S/C11H24O2.2C7H6O2/c1-4-5-6-7-11(8-12,9-13)10(2)3;2*8-7(9)6-4-2-1-3-5-6/h10,12-13H,4-9H2,1-3H3;2*1-5H,(H,8,9). The fraction of sp³-hybridized carbons (Fsp3) is 0.440. The molecule has 0 saturated carbocycles. The van der Waals surface area contributed by atoms with Crippen molar-refractivity contribution in [3.05, 3.63) is 71.8 Å². The number of carboxylic acids is 2. The molecular formula is C25H36O6. The minimum atomic E-state index is -0.879. The van der Waals surface area contributed by atoms with Crippen molar-refractivity contribution < 1.29 is 30.0 Å². The summed E-state index contributed by atoms with van der Waals surface area (Å²) < 4.78 is 0. The average Bonchev–Trinajstić information content (AvgIpc) is 2.79. The topological polar surface area (TPSA) is 115 Å². The van der Waals surface area contributed by atoms with Gasteiger partial charge < -0.3 is 20.4 Å². The fourth-order valence-corrected chi connectivity index (χ4v) is 2.75. The predicted octanol–water partition coefficient (Wildman–Crippen LogP) is 4.96.